The Balaban J connectivity index is 1.70. The topological polar surface area (TPSA) is 72.7 Å². The van der Waals surface area contributed by atoms with E-state index >= 15 is 0 Å². The van der Waals surface area contributed by atoms with E-state index < -0.39 is 0 Å². The number of hydrogen-bond donors (Lipinski definition) is 1. The molecular formula is C19H15N5OS. The standard InChI is InChI=1S/C19H15N5OS/c25-18(15-8-4-10-20-12-15)24-19(21-13-16-9-5-11-26-16)22-17(23-24)14-6-2-1-3-7-14/h1-12H,13H2,(H,21,22,23). The van der Waals surface area contributed by atoms with Crippen LogP contribution in [-0.4, -0.2) is 25.7 Å². The van der Waals surface area contributed by atoms with Crippen LogP contribution in [0.15, 0.2) is 72.4 Å². The number of aromatic nitrogens is 4. The van der Waals surface area contributed by atoms with E-state index in [2.05, 4.69) is 20.4 Å². The Kier molecular flexibility index (Phi) is 4.53. The summed E-state index contributed by atoms with van der Waals surface area (Å²) in [4.78, 5) is 22.5. The number of pyridine rings is 1. The second-order valence-corrected chi connectivity index (χ2v) is 6.55. The molecule has 6 nitrogen and oxygen atoms in total. The van der Waals surface area contributed by atoms with Gasteiger partial charge in [-0.05, 0) is 23.6 Å². The van der Waals surface area contributed by atoms with Crippen molar-refractivity contribution in [2.45, 2.75) is 6.54 Å². The lowest BCUT2D eigenvalue weighted by atomic mass is 10.2. The lowest BCUT2D eigenvalue weighted by molar-refractivity contribution is 0.0947. The molecule has 0 aliphatic rings. The molecule has 128 valence electrons. The van der Waals surface area contributed by atoms with E-state index in [0.717, 1.165) is 10.4 Å². The van der Waals surface area contributed by atoms with Crippen LogP contribution in [0, 0.1) is 0 Å². The second kappa shape index (κ2) is 7.28. The Morgan fingerprint density at radius 2 is 1.96 bits per heavy atom. The number of anilines is 1. The molecule has 0 aliphatic carbocycles. The third-order valence-electron chi connectivity index (χ3n) is 3.74. The van der Waals surface area contributed by atoms with Crippen LogP contribution in [0.1, 0.15) is 15.2 Å². The molecule has 3 aromatic heterocycles. The summed E-state index contributed by atoms with van der Waals surface area (Å²) in [5, 5.41) is 9.65. The quantitative estimate of drug-likeness (QED) is 0.587. The summed E-state index contributed by atoms with van der Waals surface area (Å²) in [6.45, 7) is 0.574. The first-order valence-electron chi connectivity index (χ1n) is 8.05. The molecule has 26 heavy (non-hydrogen) atoms. The number of carbonyl (C=O) groups excluding carboxylic acids is 1. The molecule has 0 radical (unpaired) electrons. The maximum atomic E-state index is 12.9. The van der Waals surface area contributed by atoms with Crippen molar-refractivity contribution in [3.05, 3.63) is 82.8 Å². The molecule has 0 unspecified atom stereocenters. The van der Waals surface area contributed by atoms with Crippen molar-refractivity contribution in [3.63, 3.8) is 0 Å². The van der Waals surface area contributed by atoms with Gasteiger partial charge in [-0.25, -0.2) is 0 Å². The highest BCUT2D eigenvalue weighted by Crippen LogP contribution is 2.19. The Bertz CT molecular complexity index is 997. The van der Waals surface area contributed by atoms with Gasteiger partial charge in [-0.2, -0.15) is 9.67 Å². The monoisotopic (exact) mass is 361 g/mol. The number of nitrogens with one attached hydrogen (secondary N) is 1. The zero-order valence-electron chi connectivity index (χ0n) is 13.7. The predicted octanol–water partition coefficient (Wildman–Crippen LogP) is 3.70. The minimum Gasteiger partial charge on any atom is -0.349 e. The molecule has 4 rings (SSSR count). The second-order valence-electron chi connectivity index (χ2n) is 5.52. The lowest BCUT2D eigenvalue weighted by Crippen LogP contribution is -2.17. The van der Waals surface area contributed by atoms with Gasteiger partial charge in [0, 0.05) is 22.8 Å². The van der Waals surface area contributed by atoms with Gasteiger partial charge in [0.1, 0.15) is 0 Å². The van der Waals surface area contributed by atoms with Crippen molar-refractivity contribution < 1.29 is 4.79 Å². The molecule has 0 fully saturated rings. The van der Waals surface area contributed by atoms with Gasteiger partial charge in [0.05, 0.1) is 12.1 Å². The van der Waals surface area contributed by atoms with Crippen LogP contribution in [-0.2, 0) is 6.54 Å². The Hall–Kier alpha value is -3.32. The number of benzene rings is 1. The minimum absolute atomic E-state index is 0.276. The summed E-state index contributed by atoms with van der Waals surface area (Å²) < 4.78 is 1.30. The van der Waals surface area contributed by atoms with Gasteiger partial charge in [-0.3, -0.25) is 9.78 Å². The summed E-state index contributed by atoms with van der Waals surface area (Å²) in [5.41, 5.74) is 1.31. The zero-order chi connectivity index (χ0) is 17.8. The van der Waals surface area contributed by atoms with Crippen molar-refractivity contribution in [2.24, 2.45) is 0 Å². The minimum atomic E-state index is -0.276. The first kappa shape index (κ1) is 16.2. The largest absolute Gasteiger partial charge is 0.349 e. The Morgan fingerprint density at radius 3 is 2.69 bits per heavy atom. The van der Waals surface area contributed by atoms with Crippen molar-refractivity contribution >= 4 is 23.2 Å². The molecule has 7 heteroatoms. The van der Waals surface area contributed by atoms with E-state index in [0.29, 0.717) is 23.9 Å². The summed E-state index contributed by atoms with van der Waals surface area (Å²) in [7, 11) is 0. The molecule has 4 aromatic rings. The maximum absolute atomic E-state index is 12.9. The van der Waals surface area contributed by atoms with Crippen LogP contribution < -0.4 is 5.32 Å². The number of thiophene rings is 1. The molecular weight excluding hydrogens is 346 g/mol. The first-order valence-corrected chi connectivity index (χ1v) is 8.93. The molecule has 0 atom stereocenters. The molecule has 0 saturated heterocycles. The number of carbonyl (C=O) groups is 1. The van der Waals surface area contributed by atoms with Crippen LogP contribution in [0.2, 0.25) is 0 Å². The molecule has 0 aliphatic heterocycles. The van der Waals surface area contributed by atoms with Gasteiger partial charge in [0.15, 0.2) is 5.82 Å². The number of hydrogen-bond acceptors (Lipinski definition) is 6. The van der Waals surface area contributed by atoms with Gasteiger partial charge in [-0.1, -0.05) is 36.4 Å². The van der Waals surface area contributed by atoms with Crippen LogP contribution in [0.5, 0.6) is 0 Å². The third kappa shape index (κ3) is 3.38. The maximum Gasteiger partial charge on any atom is 0.282 e. The van der Waals surface area contributed by atoms with Crippen LogP contribution in [0.3, 0.4) is 0 Å². The van der Waals surface area contributed by atoms with Crippen LogP contribution in [0.25, 0.3) is 11.4 Å². The summed E-state index contributed by atoms with van der Waals surface area (Å²) in [6, 6.07) is 17.0. The lowest BCUT2D eigenvalue weighted by Gasteiger charge is -2.06. The molecule has 3 heterocycles. The summed E-state index contributed by atoms with van der Waals surface area (Å²) in [5.74, 6) is 0.629. The SMILES string of the molecule is O=C(c1cccnc1)n1nc(-c2ccccc2)nc1NCc1cccs1. The van der Waals surface area contributed by atoms with E-state index in [4.69, 9.17) is 0 Å². The molecule has 0 amide bonds. The van der Waals surface area contributed by atoms with Gasteiger partial charge < -0.3 is 5.32 Å². The average molecular weight is 361 g/mol. The summed E-state index contributed by atoms with van der Waals surface area (Å²) in [6.07, 6.45) is 3.15. The highest BCUT2D eigenvalue weighted by Gasteiger charge is 2.18. The molecule has 1 aromatic carbocycles. The summed E-state index contributed by atoms with van der Waals surface area (Å²) >= 11 is 1.64. The van der Waals surface area contributed by atoms with Gasteiger partial charge in [-0.15, -0.1) is 16.4 Å². The van der Waals surface area contributed by atoms with E-state index in [1.165, 1.54) is 10.9 Å². The fraction of sp³-hybridized carbons (Fsp3) is 0.0526. The predicted molar refractivity (Wildman–Crippen MR) is 101 cm³/mol. The fourth-order valence-corrected chi connectivity index (χ4v) is 3.11. The van der Waals surface area contributed by atoms with Crippen LogP contribution in [0.4, 0.5) is 5.95 Å². The van der Waals surface area contributed by atoms with Crippen molar-refractivity contribution in [2.75, 3.05) is 5.32 Å². The number of rotatable bonds is 5. The van der Waals surface area contributed by atoms with Crippen molar-refractivity contribution in [3.8, 4) is 11.4 Å². The van der Waals surface area contributed by atoms with E-state index in [1.807, 2.05) is 47.8 Å². The zero-order valence-corrected chi connectivity index (χ0v) is 14.6. The van der Waals surface area contributed by atoms with Crippen molar-refractivity contribution in [1.29, 1.82) is 0 Å². The first-order chi connectivity index (χ1) is 12.8. The van der Waals surface area contributed by atoms with Gasteiger partial charge in [0.2, 0.25) is 5.95 Å². The molecule has 0 saturated carbocycles. The highest BCUT2D eigenvalue weighted by molar-refractivity contribution is 7.09. The van der Waals surface area contributed by atoms with E-state index in [-0.39, 0.29) is 5.91 Å². The smallest absolute Gasteiger partial charge is 0.282 e. The Labute approximate surface area is 154 Å². The highest BCUT2D eigenvalue weighted by atomic mass is 32.1. The third-order valence-corrected chi connectivity index (χ3v) is 4.62. The Morgan fingerprint density at radius 1 is 1.08 bits per heavy atom. The number of nitrogens with zero attached hydrogens (tertiary/aromatic N) is 4. The van der Waals surface area contributed by atoms with E-state index in [9.17, 15) is 4.79 Å². The normalized spacial score (nSPS) is 10.6. The molecule has 0 spiro atoms. The van der Waals surface area contributed by atoms with Crippen molar-refractivity contribution in [1.82, 2.24) is 19.7 Å². The molecule has 0 bridgehead atoms. The van der Waals surface area contributed by atoms with E-state index in [1.54, 1.807) is 29.7 Å². The fourth-order valence-electron chi connectivity index (χ4n) is 2.47. The van der Waals surface area contributed by atoms with Gasteiger partial charge in [0.25, 0.3) is 5.91 Å². The average Bonchev–Trinajstić information content (AvgIpc) is 3.37. The molecule has 1 N–H and O–H groups in total. The van der Waals surface area contributed by atoms with Gasteiger partial charge >= 0.3 is 0 Å². The van der Waals surface area contributed by atoms with Crippen LogP contribution >= 0.6 is 11.3 Å².